The molecule has 2 unspecified atom stereocenters. The van der Waals surface area contributed by atoms with Gasteiger partial charge in [-0.15, -0.1) is 0 Å². The summed E-state index contributed by atoms with van der Waals surface area (Å²) in [5.74, 6) is -0.878. The number of furan rings is 1. The number of aliphatic hydroxyl groups excluding tert-OH is 1. The average molecular weight is 466 g/mol. The van der Waals surface area contributed by atoms with Crippen molar-refractivity contribution in [3.8, 4) is 5.75 Å². The number of rotatable bonds is 5. The Bertz CT molecular complexity index is 1070. The zero-order chi connectivity index (χ0) is 22.3. The van der Waals surface area contributed by atoms with Crippen molar-refractivity contribution < 1.29 is 28.6 Å². The number of hydrogen-bond acceptors (Lipinski definition) is 6. The molecule has 2 atom stereocenters. The number of halogens is 2. The Morgan fingerprint density at radius 1 is 1.29 bits per heavy atom. The molecule has 3 heterocycles. The molecule has 164 valence electrons. The third kappa shape index (κ3) is 3.93. The van der Waals surface area contributed by atoms with Crippen molar-refractivity contribution in [3.05, 3.63) is 57.0 Å². The highest BCUT2D eigenvalue weighted by Crippen LogP contribution is 2.43. The second-order valence-corrected chi connectivity index (χ2v) is 8.35. The Kier molecular flexibility index (Phi) is 6.01. The molecule has 0 radical (unpaired) electrons. The van der Waals surface area contributed by atoms with Gasteiger partial charge in [-0.2, -0.15) is 0 Å². The van der Waals surface area contributed by atoms with Crippen LogP contribution in [0.4, 0.5) is 0 Å². The monoisotopic (exact) mass is 465 g/mol. The van der Waals surface area contributed by atoms with E-state index in [1.54, 1.807) is 19.1 Å². The van der Waals surface area contributed by atoms with E-state index in [9.17, 15) is 14.7 Å². The molecule has 2 fully saturated rings. The minimum atomic E-state index is -0.916. The van der Waals surface area contributed by atoms with Gasteiger partial charge in [0.15, 0.2) is 0 Å². The number of ketones is 1. The van der Waals surface area contributed by atoms with Crippen molar-refractivity contribution in [1.29, 1.82) is 0 Å². The van der Waals surface area contributed by atoms with Crippen LogP contribution < -0.4 is 4.74 Å². The predicted molar refractivity (Wildman–Crippen MR) is 114 cm³/mol. The fraction of sp³-hybridized carbons (Fsp3) is 0.364. The lowest BCUT2D eigenvalue weighted by Crippen LogP contribution is -2.36. The summed E-state index contributed by atoms with van der Waals surface area (Å²) in [6, 6.07) is 5.39. The lowest BCUT2D eigenvalue weighted by Gasteiger charge is -2.25. The molecule has 1 aromatic heterocycles. The molecule has 0 aliphatic carbocycles. The van der Waals surface area contributed by atoms with E-state index in [0.29, 0.717) is 18.1 Å². The summed E-state index contributed by atoms with van der Waals surface area (Å²) in [6.45, 7) is 2.58. The minimum absolute atomic E-state index is 0.114. The van der Waals surface area contributed by atoms with Crippen molar-refractivity contribution in [2.24, 2.45) is 0 Å². The molecule has 0 bridgehead atoms. The summed E-state index contributed by atoms with van der Waals surface area (Å²) in [5, 5.41) is 11.6. The summed E-state index contributed by atoms with van der Waals surface area (Å²) in [7, 11) is 1.38. The molecule has 4 rings (SSSR count). The van der Waals surface area contributed by atoms with E-state index in [1.165, 1.54) is 24.1 Å². The molecule has 1 amide bonds. The zero-order valence-electron chi connectivity index (χ0n) is 17.0. The average Bonchev–Trinajstić information content (AvgIpc) is 3.44. The summed E-state index contributed by atoms with van der Waals surface area (Å²) < 4.78 is 16.7. The summed E-state index contributed by atoms with van der Waals surface area (Å²) in [4.78, 5) is 27.4. The number of amides is 1. The van der Waals surface area contributed by atoms with E-state index >= 15 is 0 Å². The standard InChI is InChI=1S/C22H21Cl2NO6/c1-11-5-6-16(31-11)18-17(19(26)14-8-12(23)9-15(24)21(14)29-2)20(27)22(28)25(18)10-13-4-3-7-30-13/h5-6,8-9,13,18,26H,3-4,7,10H2,1-2H3/b19-17+. The molecule has 0 spiro atoms. The third-order valence-electron chi connectivity index (χ3n) is 5.46. The molecule has 2 saturated heterocycles. The first-order valence-corrected chi connectivity index (χ1v) is 10.6. The van der Waals surface area contributed by atoms with Crippen molar-refractivity contribution in [2.45, 2.75) is 31.9 Å². The van der Waals surface area contributed by atoms with Gasteiger partial charge >= 0.3 is 0 Å². The Balaban J connectivity index is 1.88. The molecule has 2 aromatic rings. The van der Waals surface area contributed by atoms with Crippen molar-refractivity contribution in [3.63, 3.8) is 0 Å². The van der Waals surface area contributed by atoms with Gasteiger partial charge in [-0.25, -0.2) is 0 Å². The number of likely N-dealkylation sites (tertiary alicyclic amines) is 1. The van der Waals surface area contributed by atoms with Crippen molar-refractivity contribution >= 4 is 40.7 Å². The van der Waals surface area contributed by atoms with E-state index in [-0.39, 0.29) is 39.6 Å². The van der Waals surface area contributed by atoms with Crippen LogP contribution in [-0.4, -0.2) is 48.1 Å². The second kappa shape index (κ2) is 8.57. The van der Waals surface area contributed by atoms with E-state index in [0.717, 1.165) is 12.8 Å². The lowest BCUT2D eigenvalue weighted by molar-refractivity contribution is -0.141. The SMILES string of the molecule is COc1c(Cl)cc(Cl)cc1/C(O)=C1\C(=O)C(=O)N(CC2CCCO2)C1c1ccc(C)o1. The smallest absolute Gasteiger partial charge is 0.295 e. The van der Waals surface area contributed by atoms with Crippen LogP contribution in [0.25, 0.3) is 5.76 Å². The lowest BCUT2D eigenvalue weighted by atomic mass is 9.98. The van der Waals surface area contributed by atoms with Gasteiger partial charge in [-0.3, -0.25) is 9.59 Å². The van der Waals surface area contributed by atoms with Crippen LogP contribution in [0, 0.1) is 6.92 Å². The molecule has 1 aromatic carbocycles. The number of ether oxygens (including phenoxy) is 2. The molecule has 9 heteroatoms. The number of methoxy groups -OCH3 is 1. The van der Waals surface area contributed by atoms with Gasteiger partial charge < -0.3 is 23.9 Å². The molecule has 31 heavy (non-hydrogen) atoms. The summed E-state index contributed by atoms with van der Waals surface area (Å²) in [5.41, 5.74) is -0.00243. The molecule has 2 aliphatic rings. The highest BCUT2D eigenvalue weighted by Gasteiger charge is 2.48. The molecular weight excluding hydrogens is 445 g/mol. The van der Waals surface area contributed by atoms with E-state index < -0.39 is 23.5 Å². The van der Waals surface area contributed by atoms with E-state index in [1.807, 2.05) is 0 Å². The first-order chi connectivity index (χ1) is 14.8. The summed E-state index contributed by atoms with van der Waals surface area (Å²) >= 11 is 12.3. The van der Waals surface area contributed by atoms with Crippen LogP contribution in [0.1, 0.15) is 36.0 Å². The van der Waals surface area contributed by atoms with Crippen molar-refractivity contribution in [1.82, 2.24) is 4.90 Å². The number of carbonyl (C=O) groups excluding carboxylic acids is 2. The van der Waals surface area contributed by atoms with Gasteiger partial charge in [-0.1, -0.05) is 23.2 Å². The first kappa shape index (κ1) is 21.7. The summed E-state index contributed by atoms with van der Waals surface area (Å²) in [6.07, 6.45) is 1.48. The predicted octanol–water partition coefficient (Wildman–Crippen LogP) is 4.50. The number of Topliss-reactive ketones (excluding diaryl/α,β-unsaturated/α-hetero) is 1. The second-order valence-electron chi connectivity index (χ2n) is 7.50. The zero-order valence-corrected chi connectivity index (χ0v) is 18.5. The highest BCUT2D eigenvalue weighted by molar-refractivity contribution is 6.46. The van der Waals surface area contributed by atoms with Crippen LogP contribution in [0.2, 0.25) is 10.0 Å². The number of hydrogen-bond donors (Lipinski definition) is 1. The van der Waals surface area contributed by atoms with Gasteiger partial charge in [0.1, 0.15) is 29.1 Å². The maximum absolute atomic E-state index is 13.1. The van der Waals surface area contributed by atoms with Gasteiger partial charge in [0.25, 0.3) is 11.7 Å². The van der Waals surface area contributed by atoms with Crippen LogP contribution in [0.3, 0.4) is 0 Å². The molecule has 2 aliphatic heterocycles. The Hall–Kier alpha value is -2.48. The van der Waals surface area contributed by atoms with Gasteiger partial charge in [0.05, 0.1) is 29.4 Å². The molecular formula is C22H21Cl2NO6. The van der Waals surface area contributed by atoms with E-state index in [4.69, 9.17) is 37.1 Å². The number of carbonyl (C=O) groups is 2. The number of nitrogens with zero attached hydrogens (tertiary/aromatic N) is 1. The largest absolute Gasteiger partial charge is 0.507 e. The Morgan fingerprint density at radius 3 is 2.68 bits per heavy atom. The molecule has 7 nitrogen and oxygen atoms in total. The van der Waals surface area contributed by atoms with Crippen LogP contribution >= 0.6 is 23.2 Å². The first-order valence-electron chi connectivity index (χ1n) is 9.81. The maximum Gasteiger partial charge on any atom is 0.295 e. The van der Waals surface area contributed by atoms with Crippen LogP contribution in [0.15, 0.2) is 34.3 Å². The Morgan fingerprint density at radius 2 is 2.06 bits per heavy atom. The minimum Gasteiger partial charge on any atom is -0.507 e. The Labute approximate surface area is 189 Å². The quantitative estimate of drug-likeness (QED) is 0.397. The molecule has 1 N–H and O–H groups in total. The maximum atomic E-state index is 13.1. The fourth-order valence-electron chi connectivity index (χ4n) is 4.06. The van der Waals surface area contributed by atoms with Crippen LogP contribution in [-0.2, 0) is 14.3 Å². The van der Waals surface area contributed by atoms with Gasteiger partial charge in [0.2, 0.25) is 0 Å². The number of aryl methyl sites for hydroxylation is 1. The van der Waals surface area contributed by atoms with Crippen LogP contribution in [0.5, 0.6) is 5.75 Å². The van der Waals surface area contributed by atoms with E-state index in [2.05, 4.69) is 0 Å². The van der Waals surface area contributed by atoms with Crippen molar-refractivity contribution in [2.75, 3.05) is 20.3 Å². The number of benzene rings is 1. The highest BCUT2D eigenvalue weighted by atomic mass is 35.5. The third-order valence-corrected chi connectivity index (χ3v) is 5.96. The van der Waals surface area contributed by atoms with Gasteiger partial charge in [0, 0.05) is 18.2 Å². The molecule has 0 saturated carbocycles. The number of aliphatic hydroxyl groups is 1. The van der Waals surface area contributed by atoms with Gasteiger partial charge in [-0.05, 0) is 44.0 Å². The fourth-order valence-corrected chi connectivity index (χ4v) is 4.63. The topological polar surface area (TPSA) is 89.2 Å². The normalized spacial score (nSPS) is 23.0.